The summed E-state index contributed by atoms with van der Waals surface area (Å²) in [5.74, 6) is 0.393. The number of aryl methyl sites for hydroxylation is 1. The standard InChI is InChI=1S/C14H15ClN2O3/c1-8(2)19-10-4-5-12(11(15)7-10)16-14(18)13-6-9(3)17-20-13/h4-8H,1-3H3,(H,16,18). The van der Waals surface area contributed by atoms with Gasteiger partial charge in [0, 0.05) is 12.1 Å². The van der Waals surface area contributed by atoms with Gasteiger partial charge in [0.1, 0.15) is 5.75 Å². The van der Waals surface area contributed by atoms with Gasteiger partial charge in [-0.2, -0.15) is 0 Å². The molecule has 0 fully saturated rings. The zero-order valence-electron chi connectivity index (χ0n) is 11.4. The van der Waals surface area contributed by atoms with Crippen LogP contribution in [0.2, 0.25) is 5.02 Å². The number of nitrogens with zero attached hydrogens (tertiary/aromatic N) is 1. The molecule has 2 rings (SSSR count). The molecule has 0 saturated carbocycles. The van der Waals surface area contributed by atoms with E-state index in [2.05, 4.69) is 10.5 Å². The van der Waals surface area contributed by atoms with Gasteiger partial charge in [0.25, 0.3) is 5.91 Å². The molecule has 0 atom stereocenters. The van der Waals surface area contributed by atoms with Gasteiger partial charge >= 0.3 is 0 Å². The number of rotatable bonds is 4. The summed E-state index contributed by atoms with van der Waals surface area (Å²) in [5.41, 5.74) is 1.13. The van der Waals surface area contributed by atoms with Crippen LogP contribution in [-0.2, 0) is 0 Å². The van der Waals surface area contributed by atoms with Gasteiger partial charge in [-0.1, -0.05) is 16.8 Å². The molecule has 0 aliphatic heterocycles. The van der Waals surface area contributed by atoms with Crippen molar-refractivity contribution in [1.29, 1.82) is 0 Å². The predicted molar refractivity (Wildman–Crippen MR) is 76.4 cm³/mol. The summed E-state index contributed by atoms with van der Waals surface area (Å²) in [6.07, 6.45) is 0.0590. The third kappa shape index (κ3) is 3.51. The average Bonchev–Trinajstić information content (AvgIpc) is 2.78. The minimum Gasteiger partial charge on any atom is -0.491 e. The van der Waals surface area contributed by atoms with Gasteiger partial charge in [-0.3, -0.25) is 4.79 Å². The first-order chi connectivity index (χ1) is 9.45. The Morgan fingerprint density at radius 3 is 2.70 bits per heavy atom. The highest BCUT2D eigenvalue weighted by Crippen LogP contribution is 2.27. The van der Waals surface area contributed by atoms with Crippen LogP contribution in [0.5, 0.6) is 5.75 Å². The third-order valence-corrected chi connectivity index (χ3v) is 2.73. The number of halogens is 1. The van der Waals surface area contributed by atoms with Gasteiger partial charge in [-0.15, -0.1) is 0 Å². The van der Waals surface area contributed by atoms with Crippen LogP contribution in [-0.4, -0.2) is 17.2 Å². The van der Waals surface area contributed by atoms with E-state index in [1.165, 1.54) is 0 Å². The number of anilines is 1. The molecule has 6 heteroatoms. The van der Waals surface area contributed by atoms with E-state index >= 15 is 0 Å². The maximum Gasteiger partial charge on any atom is 0.294 e. The average molecular weight is 295 g/mol. The molecule has 20 heavy (non-hydrogen) atoms. The molecule has 0 bridgehead atoms. The minimum absolute atomic E-state index is 0.0590. The van der Waals surface area contributed by atoms with Gasteiger partial charge in [-0.05, 0) is 32.9 Å². The van der Waals surface area contributed by atoms with E-state index in [-0.39, 0.29) is 11.9 Å². The van der Waals surface area contributed by atoms with Gasteiger partial charge in [0.2, 0.25) is 5.76 Å². The first kappa shape index (κ1) is 14.4. The molecule has 0 spiro atoms. The first-order valence-corrected chi connectivity index (χ1v) is 6.54. The number of amides is 1. The van der Waals surface area contributed by atoms with Crippen molar-refractivity contribution in [2.45, 2.75) is 26.9 Å². The van der Waals surface area contributed by atoms with Crippen molar-refractivity contribution in [3.8, 4) is 5.75 Å². The Morgan fingerprint density at radius 1 is 1.40 bits per heavy atom. The number of aromatic nitrogens is 1. The SMILES string of the molecule is Cc1cc(C(=O)Nc2ccc(OC(C)C)cc2Cl)on1. The van der Waals surface area contributed by atoms with Crippen molar-refractivity contribution in [2.24, 2.45) is 0 Å². The smallest absolute Gasteiger partial charge is 0.294 e. The lowest BCUT2D eigenvalue weighted by atomic mass is 10.2. The molecule has 0 radical (unpaired) electrons. The van der Waals surface area contributed by atoms with Crippen LogP contribution in [0.4, 0.5) is 5.69 Å². The maximum absolute atomic E-state index is 11.9. The minimum atomic E-state index is -0.398. The summed E-state index contributed by atoms with van der Waals surface area (Å²) in [5, 5.41) is 6.72. The topological polar surface area (TPSA) is 64.4 Å². The number of ether oxygens (including phenoxy) is 1. The summed E-state index contributed by atoms with van der Waals surface area (Å²) in [4.78, 5) is 11.9. The number of nitrogens with one attached hydrogen (secondary N) is 1. The van der Waals surface area contributed by atoms with Crippen molar-refractivity contribution in [3.05, 3.63) is 40.7 Å². The van der Waals surface area contributed by atoms with Crippen LogP contribution >= 0.6 is 11.6 Å². The fourth-order valence-electron chi connectivity index (χ4n) is 1.60. The Balaban J connectivity index is 2.11. The van der Waals surface area contributed by atoms with E-state index in [4.69, 9.17) is 20.9 Å². The molecule has 0 saturated heterocycles. The largest absolute Gasteiger partial charge is 0.491 e. The Hall–Kier alpha value is -2.01. The zero-order chi connectivity index (χ0) is 14.7. The summed E-state index contributed by atoms with van der Waals surface area (Å²) >= 11 is 6.11. The van der Waals surface area contributed by atoms with Crippen LogP contribution in [0.15, 0.2) is 28.8 Å². The second-order valence-corrected chi connectivity index (χ2v) is 5.00. The molecule has 1 amide bonds. The Bertz CT molecular complexity index is 623. The van der Waals surface area contributed by atoms with Crippen LogP contribution in [0, 0.1) is 6.92 Å². The highest BCUT2D eigenvalue weighted by Gasteiger charge is 2.13. The molecule has 0 unspecified atom stereocenters. The monoisotopic (exact) mass is 294 g/mol. The first-order valence-electron chi connectivity index (χ1n) is 6.16. The second kappa shape index (κ2) is 5.96. The van der Waals surface area contributed by atoms with Crippen molar-refractivity contribution in [1.82, 2.24) is 5.16 Å². The summed E-state index contributed by atoms with van der Waals surface area (Å²) in [7, 11) is 0. The molecule has 2 aromatic rings. The van der Waals surface area contributed by atoms with E-state index in [1.807, 2.05) is 13.8 Å². The van der Waals surface area contributed by atoms with Gasteiger partial charge in [0.05, 0.1) is 22.5 Å². The van der Waals surface area contributed by atoms with Crippen molar-refractivity contribution in [3.63, 3.8) is 0 Å². The van der Waals surface area contributed by atoms with Crippen LogP contribution in [0.25, 0.3) is 0 Å². The predicted octanol–water partition coefficient (Wildman–Crippen LogP) is 3.68. The molecule has 0 aliphatic carbocycles. The number of benzene rings is 1. The Morgan fingerprint density at radius 2 is 2.15 bits per heavy atom. The third-order valence-electron chi connectivity index (χ3n) is 2.41. The zero-order valence-corrected chi connectivity index (χ0v) is 12.2. The number of hydrogen-bond donors (Lipinski definition) is 1. The van der Waals surface area contributed by atoms with Crippen molar-refractivity contribution >= 4 is 23.2 Å². The van der Waals surface area contributed by atoms with E-state index in [0.717, 1.165) is 0 Å². The van der Waals surface area contributed by atoms with E-state index in [9.17, 15) is 4.79 Å². The highest BCUT2D eigenvalue weighted by molar-refractivity contribution is 6.34. The molecule has 1 aromatic heterocycles. The van der Waals surface area contributed by atoms with E-state index < -0.39 is 5.91 Å². The molecule has 0 aliphatic rings. The van der Waals surface area contributed by atoms with Crippen molar-refractivity contribution in [2.75, 3.05) is 5.32 Å². The van der Waals surface area contributed by atoms with Crippen LogP contribution < -0.4 is 10.1 Å². The lowest BCUT2D eigenvalue weighted by Crippen LogP contribution is -2.11. The Labute approximate surface area is 121 Å². The highest BCUT2D eigenvalue weighted by atomic mass is 35.5. The molecular weight excluding hydrogens is 280 g/mol. The molecule has 5 nitrogen and oxygen atoms in total. The Kier molecular flexibility index (Phi) is 4.29. The van der Waals surface area contributed by atoms with E-state index in [1.54, 1.807) is 31.2 Å². The van der Waals surface area contributed by atoms with E-state index in [0.29, 0.717) is 22.2 Å². The summed E-state index contributed by atoms with van der Waals surface area (Å²) in [6.45, 7) is 5.59. The maximum atomic E-state index is 11.9. The van der Waals surface area contributed by atoms with Gasteiger partial charge in [-0.25, -0.2) is 0 Å². The normalized spacial score (nSPS) is 10.7. The lowest BCUT2D eigenvalue weighted by molar-refractivity contribution is 0.0988. The molecule has 1 aromatic carbocycles. The molecule has 1 heterocycles. The second-order valence-electron chi connectivity index (χ2n) is 4.59. The molecule has 106 valence electrons. The molecular formula is C14H15ClN2O3. The number of carbonyl (C=O) groups is 1. The molecule has 1 N–H and O–H groups in total. The fraction of sp³-hybridized carbons (Fsp3) is 0.286. The lowest BCUT2D eigenvalue weighted by Gasteiger charge is -2.11. The van der Waals surface area contributed by atoms with Gasteiger partial charge < -0.3 is 14.6 Å². The quantitative estimate of drug-likeness (QED) is 0.934. The fourth-order valence-corrected chi connectivity index (χ4v) is 1.81. The number of carbonyl (C=O) groups excluding carboxylic acids is 1. The van der Waals surface area contributed by atoms with Gasteiger partial charge in [0.15, 0.2) is 0 Å². The number of hydrogen-bond acceptors (Lipinski definition) is 4. The van der Waals surface area contributed by atoms with Crippen LogP contribution in [0.3, 0.4) is 0 Å². The van der Waals surface area contributed by atoms with Crippen LogP contribution in [0.1, 0.15) is 30.1 Å². The summed E-state index contributed by atoms with van der Waals surface area (Å²) in [6, 6.07) is 6.64. The summed E-state index contributed by atoms with van der Waals surface area (Å²) < 4.78 is 10.4. The van der Waals surface area contributed by atoms with Crippen molar-refractivity contribution < 1.29 is 14.1 Å².